The van der Waals surface area contributed by atoms with Crippen LogP contribution in [0.25, 0.3) is 10.2 Å². The number of hydrogen-bond acceptors (Lipinski definition) is 4. The van der Waals surface area contributed by atoms with Gasteiger partial charge in [0.05, 0.1) is 10.2 Å². The van der Waals surface area contributed by atoms with Crippen molar-refractivity contribution in [3.63, 3.8) is 0 Å². The average molecular weight is 303 g/mol. The lowest BCUT2D eigenvalue weighted by Gasteiger charge is -2.30. The molecule has 0 aromatic carbocycles. The Hall–Kier alpha value is -1.46. The fourth-order valence-corrected chi connectivity index (χ4v) is 3.88. The zero-order valence-corrected chi connectivity index (χ0v) is 13.0. The number of primary amides is 1. The van der Waals surface area contributed by atoms with E-state index < -0.39 is 0 Å². The van der Waals surface area contributed by atoms with Crippen LogP contribution in [0.2, 0.25) is 0 Å². The number of carbonyl (C=O) groups is 1. The summed E-state index contributed by atoms with van der Waals surface area (Å²) in [6.45, 7) is 2.18. The van der Waals surface area contributed by atoms with Crippen LogP contribution in [-0.2, 0) is 4.79 Å². The first kappa shape index (κ1) is 14.5. The van der Waals surface area contributed by atoms with Gasteiger partial charge in [0.2, 0.25) is 5.91 Å². The number of pyridine rings is 1. The van der Waals surface area contributed by atoms with Gasteiger partial charge in [0.25, 0.3) is 0 Å². The predicted molar refractivity (Wildman–Crippen MR) is 86.1 cm³/mol. The first-order chi connectivity index (χ1) is 10.1. The maximum Gasteiger partial charge on any atom is 0.220 e. The van der Waals surface area contributed by atoms with Crippen molar-refractivity contribution in [3.8, 4) is 0 Å². The van der Waals surface area contributed by atoms with Crippen molar-refractivity contribution in [2.45, 2.75) is 44.7 Å². The number of fused-ring (bicyclic) bond motifs is 1. The van der Waals surface area contributed by atoms with Gasteiger partial charge in [-0.25, -0.2) is 0 Å². The number of nitrogens with two attached hydrogens (primary N) is 1. The van der Waals surface area contributed by atoms with Crippen molar-refractivity contribution in [2.24, 2.45) is 11.7 Å². The Morgan fingerprint density at radius 2 is 2.19 bits per heavy atom. The SMILES string of the molecule is CC(NC1CCC(C(N)=O)CC1)c1cnc2ccsc2c1. The molecule has 21 heavy (non-hydrogen) atoms. The number of hydrogen-bond donors (Lipinski definition) is 2. The second kappa shape index (κ2) is 6.12. The summed E-state index contributed by atoms with van der Waals surface area (Å²) in [6, 6.07) is 5.01. The molecule has 2 aromatic heterocycles. The molecule has 0 saturated heterocycles. The molecule has 3 N–H and O–H groups in total. The third-order valence-corrected chi connectivity index (χ3v) is 5.29. The number of aromatic nitrogens is 1. The van der Waals surface area contributed by atoms with Gasteiger partial charge in [-0.2, -0.15) is 0 Å². The average Bonchev–Trinajstić information content (AvgIpc) is 2.95. The summed E-state index contributed by atoms with van der Waals surface area (Å²) >= 11 is 1.73. The molecular weight excluding hydrogens is 282 g/mol. The lowest BCUT2D eigenvalue weighted by Crippen LogP contribution is -2.37. The second-order valence-electron chi connectivity index (χ2n) is 5.91. The Morgan fingerprint density at radius 3 is 2.90 bits per heavy atom. The van der Waals surface area contributed by atoms with Crippen LogP contribution < -0.4 is 11.1 Å². The van der Waals surface area contributed by atoms with Gasteiger partial charge >= 0.3 is 0 Å². The van der Waals surface area contributed by atoms with E-state index in [9.17, 15) is 4.79 Å². The molecule has 3 rings (SSSR count). The quantitative estimate of drug-likeness (QED) is 0.912. The second-order valence-corrected chi connectivity index (χ2v) is 6.86. The molecule has 1 atom stereocenters. The molecule has 0 aliphatic heterocycles. The highest BCUT2D eigenvalue weighted by Crippen LogP contribution is 2.27. The summed E-state index contributed by atoms with van der Waals surface area (Å²) in [7, 11) is 0. The van der Waals surface area contributed by atoms with Crippen LogP contribution in [0.1, 0.15) is 44.2 Å². The molecule has 1 unspecified atom stereocenters. The van der Waals surface area contributed by atoms with E-state index in [0.717, 1.165) is 31.2 Å². The Kier molecular flexibility index (Phi) is 4.22. The zero-order chi connectivity index (χ0) is 14.8. The molecule has 5 heteroatoms. The van der Waals surface area contributed by atoms with E-state index in [2.05, 4.69) is 28.7 Å². The molecule has 2 aromatic rings. The molecular formula is C16H21N3OS. The third kappa shape index (κ3) is 3.24. The predicted octanol–water partition coefficient (Wildman–Crippen LogP) is 2.99. The monoisotopic (exact) mass is 303 g/mol. The molecule has 0 radical (unpaired) electrons. The minimum Gasteiger partial charge on any atom is -0.369 e. The van der Waals surface area contributed by atoms with E-state index in [1.165, 1.54) is 10.3 Å². The number of rotatable bonds is 4. The van der Waals surface area contributed by atoms with Gasteiger partial charge in [-0.05, 0) is 55.7 Å². The fourth-order valence-electron chi connectivity index (χ4n) is 3.09. The van der Waals surface area contributed by atoms with Crippen LogP contribution >= 0.6 is 11.3 Å². The maximum absolute atomic E-state index is 11.2. The number of nitrogens with zero attached hydrogens (tertiary/aromatic N) is 1. The highest BCUT2D eigenvalue weighted by atomic mass is 32.1. The standard InChI is InChI=1S/C16H21N3OS/c1-10(12-8-15-14(18-9-12)6-7-21-15)19-13-4-2-11(3-5-13)16(17)20/h6-11,13,19H,2-5H2,1H3,(H2,17,20). The zero-order valence-electron chi connectivity index (χ0n) is 12.2. The number of nitrogens with one attached hydrogen (secondary N) is 1. The van der Waals surface area contributed by atoms with Gasteiger partial charge in [0.15, 0.2) is 0 Å². The van der Waals surface area contributed by atoms with Gasteiger partial charge in [-0.3, -0.25) is 9.78 Å². The van der Waals surface area contributed by atoms with Crippen molar-refractivity contribution >= 4 is 27.5 Å². The number of carbonyl (C=O) groups excluding carboxylic acids is 1. The van der Waals surface area contributed by atoms with Crippen molar-refractivity contribution in [3.05, 3.63) is 29.3 Å². The maximum atomic E-state index is 11.2. The highest BCUT2D eigenvalue weighted by molar-refractivity contribution is 7.17. The summed E-state index contributed by atoms with van der Waals surface area (Å²) in [5, 5.41) is 5.74. The molecule has 0 spiro atoms. The minimum absolute atomic E-state index is 0.0718. The van der Waals surface area contributed by atoms with Crippen LogP contribution in [-0.4, -0.2) is 16.9 Å². The molecule has 4 nitrogen and oxygen atoms in total. The molecule has 1 fully saturated rings. The summed E-state index contributed by atoms with van der Waals surface area (Å²) in [5.74, 6) is -0.0728. The molecule has 1 amide bonds. The Labute approximate surface area is 128 Å². The van der Waals surface area contributed by atoms with Gasteiger partial charge < -0.3 is 11.1 Å². The van der Waals surface area contributed by atoms with Crippen LogP contribution in [0.3, 0.4) is 0 Å². The summed E-state index contributed by atoms with van der Waals surface area (Å²) in [4.78, 5) is 15.7. The van der Waals surface area contributed by atoms with E-state index >= 15 is 0 Å². The van der Waals surface area contributed by atoms with E-state index in [1.807, 2.05) is 12.3 Å². The Bertz CT molecular complexity index is 631. The molecule has 2 heterocycles. The molecule has 1 aliphatic rings. The van der Waals surface area contributed by atoms with Crippen LogP contribution in [0.15, 0.2) is 23.7 Å². The van der Waals surface area contributed by atoms with Crippen LogP contribution in [0, 0.1) is 5.92 Å². The smallest absolute Gasteiger partial charge is 0.220 e. The van der Waals surface area contributed by atoms with Gasteiger partial charge in [0, 0.05) is 24.2 Å². The first-order valence-corrected chi connectivity index (χ1v) is 8.40. The topological polar surface area (TPSA) is 68.0 Å². The summed E-state index contributed by atoms with van der Waals surface area (Å²) in [5.41, 5.74) is 7.67. The molecule has 112 valence electrons. The number of thiophene rings is 1. The summed E-state index contributed by atoms with van der Waals surface area (Å²) in [6.07, 6.45) is 5.81. The fraction of sp³-hybridized carbons (Fsp3) is 0.500. The van der Waals surface area contributed by atoms with Crippen molar-refractivity contribution < 1.29 is 4.79 Å². The lowest BCUT2D eigenvalue weighted by atomic mass is 9.85. The Balaban J connectivity index is 1.61. The number of amides is 1. The van der Waals surface area contributed by atoms with Gasteiger partial charge in [-0.1, -0.05) is 0 Å². The van der Waals surface area contributed by atoms with Crippen molar-refractivity contribution in [1.82, 2.24) is 10.3 Å². The summed E-state index contributed by atoms with van der Waals surface area (Å²) < 4.78 is 1.23. The van der Waals surface area contributed by atoms with Crippen molar-refractivity contribution in [1.29, 1.82) is 0 Å². The molecule has 1 saturated carbocycles. The van der Waals surface area contributed by atoms with Crippen molar-refractivity contribution in [2.75, 3.05) is 0 Å². The first-order valence-electron chi connectivity index (χ1n) is 7.52. The van der Waals surface area contributed by atoms with E-state index in [4.69, 9.17) is 5.73 Å². The highest BCUT2D eigenvalue weighted by Gasteiger charge is 2.25. The normalized spacial score (nSPS) is 24.0. The molecule has 0 bridgehead atoms. The molecule has 1 aliphatic carbocycles. The van der Waals surface area contributed by atoms with E-state index in [-0.39, 0.29) is 17.9 Å². The minimum atomic E-state index is -0.145. The lowest BCUT2D eigenvalue weighted by molar-refractivity contribution is -0.122. The van der Waals surface area contributed by atoms with E-state index in [0.29, 0.717) is 6.04 Å². The van der Waals surface area contributed by atoms with Gasteiger partial charge in [-0.15, -0.1) is 11.3 Å². The van der Waals surface area contributed by atoms with Crippen LogP contribution in [0.4, 0.5) is 0 Å². The largest absolute Gasteiger partial charge is 0.369 e. The van der Waals surface area contributed by atoms with E-state index in [1.54, 1.807) is 11.3 Å². The Morgan fingerprint density at radius 1 is 1.43 bits per heavy atom. The van der Waals surface area contributed by atoms with Crippen LogP contribution in [0.5, 0.6) is 0 Å². The third-order valence-electron chi connectivity index (χ3n) is 4.44. The van der Waals surface area contributed by atoms with Gasteiger partial charge in [0.1, 0.15) is 0 Å².